The van der Waals surface area contributed by atoms with Crippen LogP contribution in [0.5, 0.6) is 11.5 Å². The number of carbonyl (C=O) groups excluding carboxylic acids is 2. The Labute approximate surface area is 221 Å². The zero-order valence-electron chi connectivity index (χ0n) is 21.5. The van der Waals surface area contributed by atoms with Gasteiger partial charge in [0.1, 0.15) is 23.9 Å². The van der Waals surface area contributed by atoms with Gasteiger partial charge in [-0.25, -0.2) is 4.39 Å². The summed E-state index contributed by atoms with van der Waals surface area (Å²) in [5.74, 6) is 0.376. The Morgan fingerprint density at radius 1 is 0.921 bits per heavy atom. The van der Waals surface area contributed by atoms with Crippen molar-refractivity contribution in [3.05, 3.63) is 120 Å². The van der Waals surface area contributed by atoms with Gasteiger partial charge in [-0.1, -0.05) is 36.4 Å². The fraction of sp³-hybridized carbons (Fsp3) is 0.226. The molecule has 0 saturated heterocycles. The highest BCUT2D eigenvalue weighted by Gasteiger charge is 2.34. The molecule has 2 heterocycles. The van der Waals surface area contributed by atoms with E-state index in [4.69, 9.17) is 4.74 Å². The first-order valence-corrected chi connectivity index (χ1v) is 12.7. The average Bonchev–Trinajstić information content (AvgIpc) is 3.40. The first-order valence-electron chi connectivity index (χ1n) is 12.7. The summed E-state index contributed by atoms with van der Waals surface area (Å²) in [6, 6.07) is 26.3. The number of hydrogen-bond donors (Lipinski definition) is 0. The van der Waals surface area contributed by atoms with Crippen LogP contribution in [0.3, 0.4) is 0 Å². The number of halogens is 1. The van der Waals surface area contributed by atoms with Gasteiger partial charge >= 0.3 is 0 Å². The maximum absolute atomic E-state index is 13.8. The molecule has 0 saturated carbocycles. The number of fused-ring (bicyclic) bond motifs is 1. The molecule has 6 nitrogen and oxygen atoms in total. The van der Waals surface area contributed by atoms with Gasteiger partial charge in [0.05, 0.1) is 6.04 Å². The van der Waals surface area contributed by atoms with Crippen molar-refractivity contribution in [3.63, 3.8) is 0 Å². The summed E-state index contributed by atoms with van der Waals surface area (Å²) in [5.41, 5.74) is 2.13. The van der Waals surface area contributed by atoms with Gasteiger partial charge in [0.25, 0.3) is 5.91 Å². The molecule has 0 spiro atoms. The number of carbonyl (C=O) groups is 2. The molecule has 0 fully saturated rings. The first-order chi connectivity index (χ1) is 18.4. The Balaban J connectivity index is 1.43. The fourth-order valence-corrected chi connectivity index (χ4v) is 4.89. The van der Waals surface area contributed by atoms with Crippen molar-refractivity contribution < 1.29 is 18.7 Å². The second-order valence-electron chi connectivity index (χ2n) is 9.64. The van der Waals surface area contributed by atoms with E-state index in [0.717, 1.165) is 17.0 Å². The third-order valence-electron chi connectivity index (χ3n) is 6.77. The molecule has 2 amide bonds. The maximum Gasteiger partial charge on any atom is 0.254 e. The second kappa shape index (κ2) is 10.9. The van der Waals surface area contributed by atoms with E-state index in [2.05, 4.69) is 4.57 Å². The summed E-state index contributed by atoms with van der Waals surface area (Å²) < 4.78 is 22.0. The van der Waals surface area contributed by atoms with Crippen LogP contribution in [0.1, 0.15) is 41.5 Å². The number of para-hydroxylation sites is 1. The normalized spacial score (nSPS) is 14.7. The van der Waals surface area contributed by atoms with Gasteiger partial charge < -0.3 is 19.1 Å². The molecular weight excluding hydrogens is 481 g/mol. The highest BCUT2D eigenvalue weighted by Crippen LogP contribution is 2.35. The van der Waals surface area contributed by atoms with Gasteiger partial charge in [0, 0.05) is 36.6 Å². The van der Waals surface area contributed by atoms with E-state index in [1.807, 2.05) is 91.7 Å². The minimum Gasteiger partial charge on any atom is -0.457 e. The molecule has 1 aliphatic rings. The van der Waals surface area contributed by atoms with Gasteiger partial charge in [-0.15, -0.1) is 0 Å². The molecule has 3 aromatic carbocycles. The lowest BCUT2D eigenvalue weighted by atomic mass is 9.99. The third-order valence-corrected chi connectivity index (χ3v) is 6.77. The van der Waals surface area contributed by atoms with Crippen molar-refractivity contribution in [2.24, 2.45) is 0 Å². The summed E-state index contributed by atoms with van der Waals surface area (Å²) in [6.45, 7) is 4.76. The monoisotopic (exact) mass is 511 g/mol. The van der Waals surface area contributed by atoms with Crippen molar-refractivity contribution >= 4 is 11.8 Å². The van der Waals surface area contributed by atoms with E-state index in [9.17, 15) is 14.0 Å². The van der Waals surface area contributed by atoms with E-state index in [-0.39, 0.29) is 36.0 Å². The van der Waals surface area contributed by atoms with Crippen LogP contribution in [0.2, 0.25) is 0 Å². The molecule has 1 aromatic heterocycles. The minimum atomic E-state index is -0.486. The van der Waals surface area contributed by atoms with Crippen LogP contribution in [-0.2, 0) is 11.3 Å². The lowest BCUT2D eigenvalue weighted by Crippen LogP contribution is -2.49. The van der Waals surface area contributed by atoms with E-state index < -0.39 is 5.82 Å². The number of amides is 2. The Kier molecular flexibility index (Phi) is 7.26. The molecule has 38 heavy (non-hydrogen) atoms. The van der Waals surface area contributed by atoms with E-state index in [0.29, 0.717) is 18.8 Å². The van der Waals surface area contributed by atoms with Crippen LogP contribution < -0.4 is 4.74 Å². The predicted octanol–water partition coefficient (Wildman–Crippen LogP) is 5.90. The highest BCUT2D eigenvalue weighted by molar-refractivity contribution is 5.96. The number of rotatable bonds is 7. The second-order valence-corrected chi connectivity index (χ2v) is 9.64. The van der Waals surface area contributed by atoms with Crippen LogP contribution in [0, 0.1) is 5.82 Å². The molecule has 0 radical (unpaired) electrons. The van der Waals surface area contributed by atoms with Gasteiger partial charge in [-0.05, 0) is 74.0 Å². The van der Waals surface area contributed by atoms with Gasteiger partial charge in [-0.2, -0.15) is 0 Å². The average molecular weight is 512 g/mol. The summed E-state index contributed by atoms with van der Waals surface area (Å²) in [7, 11) is 0. The lowest BCUT2D eigenvalue weighted by Gasteiger charge is -2.39. The van der Waals surface area contributed by atoms with Crippen molar-refractivity contribution in [1.29, 1.82) is 0 Å². The summed E-state index contributed by atoms with van der Waals surface area (Å²) >= 11 is 0. The number of hydrogen-bond acceptors (Lipinski definition) is 3. The number of nitrogens with zero attached hydrogens (tertiary/aromatic N) is 3. The molecule has 194 valence electrons. The fourth-order valence-electron chi connectivity index (χ4n) is 4.89. The Morgan fingerprint density at radius 2 is 1.68 bits per heavy atom. The summed E-state index contributed by atoms with van der Waals surface area (Å²) in [4.78, 5) is 30.4. The zero-order chi connectivity index (χ0) is 26.6. The third kappa shape index (κ3) is 5.32. The number of aromatic nitrogens is 1. The summed E-state index contributed by atoms with van der Waals surface area (Å²) in [6.07, 6.45) is 2.02. The van der Waals surface area contributed by atoms with E-state index in [1.54, 1.807) is 6.07 Å². The smallest absolute Gasteiger partial charge is 0.254 e. The van der Waals surface area contributed by atoms with Gasteiger partial charge in [0.15, 0.2) is 0 Å². The minimum absolute atomic E-state index is 0.107. The standard InChI is InChI=1S/C31H30FN3O3/c1-22(2)35(31(37)24-10-6-11-25(32)19-24)21-29(36)34-18-17-33-16-8-15-28(33)30(34)23-9-7-14-27(20-23)38-26-12-4-3-5-13-26/h3-16,19-20,22,30H,17-18,21H2,1-2H3. The Bertz CT molecular complexity index is 1430. The summed E-state index contributed by atoms with van der Waals surface area (Å²) in [5, 5.41) is 0. The van der Waals surface area contributed by atoms with Crippen molar-refractivity contribution in [1.82, 2.24) is 14.4 Å². The van der Waals surface area contributed by atoms with Crippen LogP contribution >= 0.6 is 0 Å². The lowest BCUT2D eigenvalue weighted by molar-refractivity contribution is -0.135. The largest absolute Gasteiger partial charge is 0.457 e. The number of benzene rings is 3. The highest BCUT2D eigenvalue weighted by atomic mass is 19.1. The molecule has 1 aliphatic heterocycles. The maximum atomic E-state index is 13.8. The van der Waals surface area contributed by atoms with Crippen LogP contribution in [0.15, 0.2) is 97.2 Å². The van der Waals surface area contributed by atoms with Crippen LogP contribution in [0.25, 0.3) is 0 Å². The molecule has 1 atom stereocenters. The zero-order valence-corrected chi connectivity index (χ0v) is 21.5. The van der Waals surface area contributed by atoms with Crippen LogP contribution in [-0.4, -0.2) is 45.3 Å². The van der Waals surface area contributed by atoms with E-state index >= 15 is 0 Å². The number of ether oxygens (including phenoxy) is 1. The first kappa shape index (κ1) is 25.3. The molecule has 0 bridgehead atoms. The molecule has 5 rings (SSSR count). The molecule has 7 heteroatoms. The molecular formula is C31H30FN3O3. The topological polar surface area (TPSA) is 54.8 Å². The van der Waals surface area contributed by atoms with Crippen molar-refractivity contribution in [2.75, 3.05) is 13.1 Å². The molecule has 0 aliphatic carbocycles. The van der Waals surface area contributed by atoms with Gasteiger partial charge in [-0.3, -0.25) is 9.59 Å². The molecule has 0 N–H and O–H groups in total. The molecule has 4 aromatic rings. The quantitative estimate of drug-likeness (QED) is 0.310. The van der Waals surface area contributed by atoms with Crippen LogP contribution in [0.4, 0.5) is 4.39 Å². The Hall–Kier alpha value is -4.39. The predicted molar refractivity (Wildman–Crippen MR) is 144 cm³/mol. The SMILES string of the molecule is CC(C)N(CC(=O)N1CCn2cccc2C1c1cccc(Oc2ccccc2)c1)C(=O)c1cccc(F)c1. The van der Waals surface area contributed by atoms with Crippen molar-refractivity contribution in [3.8, 4) is 11.5 Å². The van der Waals surface area contributed by atoms with Crippen molar-refractivity contribution in [2.45, 2.75) is 32.5 Å². The van der Waals surface area contributed by atoms with E-state index in [1.165, 1.54) is 23.1 Å². The Morgan fingerprint density at radius 3 is 2.45 bits per heavy atom. The molecule has 1 unspecified atom stereocenters. The van der Waals surface area contributed by atoms with Gasteiger partial charge in [0.2, 0.25) is 5.91 Å².